The fourth-order valence-electron chi connectivity index (χ4n) is 1.68. The molecule has 0 aromatic rings. The molecule has 0 aliphatic carbocycles. The van der Waals surface area contributed by atoms with Gasteiger partial charge < -0.3 is 14.8 Å². The Morgan fingerprint density at radius 2 is 2.15 bits per heavy atom. The summed E-state index contributed by atoms with van der Waals surface area (Å²) in [4.78, 5) is 11.5. The lowest BCUT2D eigenvalue weighted by molar-refractivity contribution is -0.905. The van der Waals surface area contributed by atoms with Crippen LogP contribution in [-0.4, -0.2) is 25.6 Å². The summed E-state index contributed by atoms with van der Waals surface area (Å²) >= 11 is 0. The van der Waals surface area contributed by atoms with Gasteiger partial charge in [-0.2, -0.15) is 5.26 Å². The zero-order valence-corrected chi connectivity index (χ0v) is 7.58. The van der Waals surface area contributed by atoms with Gasteiger partial charge in [-0.15, -0.1) is 0 Å². The Kier molecular flexibility index (Phi) is 3.71. The molecule has 1 N–H and O–H groups in total. The molecule has 4 nitrogen and oxygen atoms in total. The first-order valence-corrected chi connectivity index (χ1v) is 4.65. The largest absolute Gasteiger partial charge is 0.550 e. The first-order chi connectivity index (χ1) is 6.22. The molecule has 13 heavy (non-hydrogen) atoms. The van der Waals surface area contributed by atoms with E-state index in [0.717, 1.165) is 25.9 Å². The van der Waals surface area contributed by atoms with Crippen molar-refractivity contribution in [3.05, 3.63) is 0 Å². The highest BCUT2D eigenvalue weighted by atomic mass is 16.4. The van der Waals surface area contributed by atoms with Gasteiger partial charge >= 0.3 is 0 Å². The first-order valence-electron chi connectivity index (χ1n) is 4.65. The minimum Gasteiger partial charge on any atom is -0.550 e. The van der Waals surface area contributed by atoms with Gasteiger partial charge in [0.15, 0.2) is 0 Å². The van der Waals surface area contributed by atoms with Crippen LogP contribution in [0.4, 0.5) is 0 Å². The number of carboxylic acid groups (broad SMARTS) is 1. The van der Waals surface area contributed by atoms with Crippen LogP contribution in [0.25, 0.3) is 0 Å². The smallest absolute Gasteiger partial charge is 0.0823 e. The Balaban J connectivity index is 2.18. The summed E-state index contributed by atoms with van der Waals surface area (Å²) < 4.78 is 0. The second-order valence-corrected chi connectivity index (χ2v) is 3.53. The number of likely N-dealkylation sites (tertiary alicyclic amines) is 1. The standard InChI is InChI=1S/C9H14N2O2/c10-7-8-1-4-11(5-2-8)6-3-9(12)13/h8H,1-6H2,(H,12,13). The molecule has 0 amide bonds. The average Bonchev–Trinajstić information content (AvgIpc) is 2.15. The molecule has 0 atom stereocenters. The van der Waals surface area contributed by atoms with Gasteiger partial charge in [-0.05, 0) is 0 Å². The summed E-state index contributed by atoms with van der Waals surface area (Å²) in [6.45, 7) is 2.48. The second kappa shape index (κ2) is 4.83. The van der Waals surface area contributed by atoms with E-state index in [1.165, 1.54) is 4.90 Å². The lowest BCUT2D eigenvalue weighted by Crippen LogP contribution is -3.13. The highest BCUT2D eigenvalue weighted by Crippen LogP contribution is 2.06. The minimum atomic E-state index is -0.977. The summed E-state index contributed by atoms with van der Waals surface area (Å²) in [7, 11) is 0. The van der Waals surface area contributed by atoms with E-state index < -0.39 is 5.97 Å². The molecule has 4 heteroatoms. The van der Waals surface area contributed by atoms with Crippen molar-refractivity contribution in [3.8, 4) is 6.07 Å². The van der Waals surface area contributed by atoms with Gasteiger partial charge in [-0.3, -0.25) is 0 Å². The van der Waals surface area contributed by atoms with Crippen molar-refractivity contribution in [3.63, 3.8) is 0 Å². The molecule has 0 unspecified atom stereocenters. The Bertz CT molecular complexity index is 214. The number of piperidine rings is 1. The number of carbonyl (C=O) groups is 1. The van der Waals surface area contributed by atoms with Crippen molar-refractivity contribution < 1.29 is 14.8 Å². The zero-order valence-electron chi connectivity index (χ0n) is 7.58. The molecule has 1 aliphatic rings. The van der Waals surface area contributed by atoms with Crippen molar-refractivity contribution in [1.29, 1.82) is 5.26 Å². The molecule has 1 aliphatic heterocycles. The van der Waals surface area contributed by atoms with Crippen LogP contribution < -0.4 is 10.0 Å². The van der Waals surface area contributed by atoms with Crippen LogP contribution >= 0.6 is 0 Å². The van der Waals surface area contributed by atoms with Gasteiger partial charge in [0.1, 0.15) is 0 Å². The predicted octanol–water partition coefficient (Wildman–Crippen LogP) is -2.06. The zero-order chi connectivity index (χ0) is 9.68. The van der Waals surface area contributed by atoms with Crippen molar-refractivity contribution in [1.82, 2.24) is 0 Å². The molecule has 0 spiro atoms. The van der Waals surface area contributed by atoms with Crippen LogP contribution in [0, 0.1) is 17.2 Å². The van der Waals surface area contributed by atoms with Gasteiger partial charge in [0, 0.05) is 25.2 Å². The van der Waals surface area contributed by atoms with E-state index in [4.69, 9.17) is 5.26 Å². The van der Waals surface area contributed by atoms with Crippen molar-refractivity contribution in [2.24, 2.45) is 5.92 Å². The number of aliphatic carboxylic acids is 1. The van der Waals surface area contributed by atoms with E-state index in [1.807, 2.05) is 0 Å². The fraction of sp³-hybridized carbons (Fsp3) is 0.778. The number of rotatable bonds is 3. The third kappa shape index (κ3) is 3.43. The second-order valence-electron chi connectivity index (χ2n) is 3.53. The summed E-state index contributed by atoms with van der Waals surface area (Å²) in [5.74, 6) is -0.790. The number of hydrogen-bond acceptors (Lipinski definition) is 3. The average molecular weight is 182 g/mol. The van der Waals surface area contributed by atoms with Crippen LogP contribution in [-0.2, 0) is 4.79 Å². The highest BCUT2D eigenvalue weighted by Gasteiger charge is 2.20. The SMILES string of the molecule is N#CC1CC[NH+](CCC(=O)[O-])CC1. The maximum absolute atomic E-state index is 10.2. The first kappa shape index (κ1) is 10.0. The monoisotopic (exact) mass is 182 g/mol. The van der Waals surface area contributed by atoms with Crippen molar-refractivity contribution in [2.45, 2.75) is 19.3 Å². The molecule has 72 valence electrons. The number of carbonyl (C=O) groups excluding carboxylic acids is 1. The molecule has 0 bridgehead atoms. The van der Waals surface area contributed by atoms with E-state index in [2.05, 4.69) is 6.07 Å². The van der Waals surface area contributed by atoms with E-state index in [9.17, 15) is 9.90 Å². The molecule has 0 radical (unpaired) electrons. The van der Waals surface area contributed by atoms with Crippen LogP contribution in [0.15, 0.2) is 0 Å². The molecule has 0 aromatic carbocycles. The number of nitrogens with one attached hydrogen (secondary N) is 1. The lowest BCUT2D eigenvalue weighted by Gasteiger charge is -2.26. The Hall–Kier alpha value is -1.08. The topological polar surface area (TPSA) is 68.4 Å². The summed E-state index contributed by atoms with van der Waals surface area (Å²) in [5, 5.41) is 18.8. The number of nitrogens with zero attached hydrogens (tertiary/aromatic N) is 1. The summed E-state index contributed by atoms with van der Waals surface area (Å²) in [6, 6.07) is 2.25. The maximum atomic E-state index is 10.2. The summed E-state index contributed by atoms with van der Waals surface area (Å²) in [5.41, 5.74) is 0. The Labute approximate surface area is 77.8 Å². The van der Waals surface area contributed by atoms with Gasteiger partial charge in [0.2, 0.25) is 0 Å². The fourth-order valence-corrected chi connectivity index (χ4v) is 1.68. The van der Waals surface area contributed by atoms with Gasteiger partial charge in [0.25, 0.3) is 0 Å². The van der Waals surface area contributed by atoms with E-state index >= 15 is 0 Å². The highest BCUT2D eigenvalue weighted by molar-refractivity contribution is 5.64. The van der Waals surface area contributed by atoms with Crippen LogP contribution in [0.3, 0.4) is 0 Å². The molecule has 1 saturated heterocycles. The molecule has 1 heterocycles. The Morgan fingerprint density at radius 3 is 2.62 bits per heavy atom. The number of quaternary nitrogens is 1. The van der Waals surface area contributed by atoms with Gasteiger partial charge in [-0.25, -0.2) is 0 Å². The number of nitriles is 1. The molecule has 1 fully saturated rings. The van der Waals surface area contributed by atoms with Crippen molar-refractivity contribution >= 4 is 5.97 Å². The predicted molar refractivity (Wildman–Crippen MR) is 43.5 cm³/mol. The Morgan fingerprint density at radius 1 is 1.54 bits per heavy atom. The van der Waals surface area contributed by atoms with Gasteiger partial charge in [0.05, 0.1) is 31.6 Å². The van der Waals surface area contributed by atoms with Crippen LogP contribution in [0.5, 0.6) is 0 Å². The van der Waals surface area contributed by atoms with E-state index in [-0.39, 0.29) is 12.3 Å². The molecular weight excluding hydrogens is 168 g/mol. The third-order valence-corrected chi connectivity index (χ3v) is 2.56. The van der Waals surface area contributed by atoms with Crippen molar-refractivity contribution in [2.75, 3.05) is 19.6 Å². The maximum Gasteiger partial charge on any atom is 0.0823 e. The molecule has 0 saturated carbocycles. The molecule has 0 aromatic heterocycles. The lowest BCUT2D eigenvalue weighted by atomic mass is 9.98. The quantitative estimate of drug-likeness (QED) is 0.546. The molecule has 1 rings (SSSR count). The van der Waals surface area contributed by atoms with E-state index in [1.54, 1.807) is 0 Å². The van der Waals surface area contributed by atoms with Crippen LogP contribution in [0.2, 0.25) is 0 Å². The normalized spacial score (nSPS) is 27.9. The summed E-state index contributed by atoms with van der Waals surface area (Å²) in [6.07, 6.45) is 1.93. The van der Waals surface area contributed by atoms with Gasteiger partial charge in [-0.1, -0.05) is 0 Å². The van der Waals surface area contributed by atoms with E-state index in [0.29, 0.717) is 6.54 Å². The number of hydrogen-bond donors (Lipinski definition) is 1. The number of carboxylic acids is 1. The minimum absolute atomic E-state index is 0.132. The third-order valence-electron chi connectivity index (χ3n) is 2.56. The molecular formula is C9H14N2O2. The van der Waals surface area contributed by atoms with Crippen LogP contribution in [0.1, 0.15) is 19.3 Å².